The predicted octanol–water partition coefficient (Wildman–Crippen LogP) is 15.0. The van der Waals surface area contributed by atoms with Crippen molar-refractivity contribution < 1.29 is 0 Å². The van der Waals surface area contributed by atoms with Gasteiger partial charge < -0.3 is 0 Å². The van der Waals surface area contributed by atoms with E-state index in [-0.39, 0.29) is 0 Å². The maximum Gasteiger partial charge on any atom is 0.0347 e. The average molecular weight is 710 g/mol. The molecule has 0 bridgehead atoms. The molecule has 0 atom stereocenters. The van der Waals surface area contributed by atoms with Gasteiger partial charge in [0, 0.05) is 23.5 Å². The van der Waals surface area contributed by atoms with E-state index in [4.69, 9.17) is 4.98 Å². The van der Waals surface area contributed by atoms with E-state index < -0.39 is 0 Å². The van der Waals surface area contributed by atoms with Crippen molar-refractivity contribution in [2.45, 2.75) is 0 Å². The van der Waals surface area contributed by atoms with Crippen LogP contribution in [-0.2, 0) is 0 Å². The second-order valence-electron chi connectivity index (χ2n) is 14.6. The lowest BCUT2D eigenvalue weighted by Crippen LogP contribution is -1.97. The summed E-state index contributed by atoms with van der Waals surface area (Å²) in [6, 6.07) is 73.1. The van der Waals surface area contributed by atoms with Gasteiger partial charge in [-0.3, -0.25) is 4.98 Å². The summed E-state index contributed by atoms with van der Waals surface area (Å²) >= 11 is 0. The standard InChI is InChI=1S/C55H35N/c1-2-14-36(15-3-1)37-26-28-38(29-27-37)54-49-22-10-12-24-51(49)55(52-25-13-11-23-50(52)54)41-32-40(34-56-35-41)39-30-31-48-46-20-7-6-18-44(46)42-16-4-5-17-43(42)45-19-8-9-21-47(45)53(48)33-39/h1-35H. The van der Waals surface area contributed by atoms with E-state index >= 15 is 0 Å². The molecule has 1 aliphatic rings. The molecule has 56 heavy (non-hydrogen) atoms. The third kappa shape index (κ3) is 5.21. The Morgan fingerprint density at radius 3 is 1.09 bits per heavy atom. The fraction of sp³-hybridized carbons (Fsp3) is 0. The Kier molecular flexibility index (Phi) is 7.57. The minimum Gasteiger partial charge on any atom is -0.263 e. The summed E-state index contributed by atoms with van der Waals surface area (Å²) in [5.74, 6) is 0. The SMILES string of the molecule is c1ccc(-c2ccc(-c3c4ccccc4c(-c4cncc(-c5ccc6c(c5)-c5ccccc5-c5ccccc5-c5ccccc5-6)c4)c4ccccc34)cc2)cc1. The number of pyridine rings is 1. The summed E-state index contributed by atoms with van der Waals surface area (Å²) in [7, 11) is 0. The molecule has 0 saturated heterocycles. The van der Waals surface area contributed by atoms with Gasteiger partial charge in [0.25, 0.3) is 0 Å². The smallest absolute Gasteiger partial charge is 0.0347 e. The van der Waals surface area contributed by atoms with Crippen LogP contribution in [0.1, 0.15) is 0 Å². The highest BCUT2D eigenvalue weighted by Crippen LogP contribution is 2.49. The zero-order valence-electron chi connectivity index (χ0n) is 30.7. The summed E-state index contributed by atoms with van der Waals surface area (Å²) < 4.78 is 0. The van der Waals surface area contributed by atoms with Gasteiger partial charge in [0.05, 0.1) is 0 Å². The molecule has 1 heteroatoms. The third-order valence-electron chi connectivity index (χ3n) is 11.5. The highest BCUT2D eigenvalue weighted by atomic mass is 14.6. The Balaban J connectivity index is 1.08. The molecule has 0 aliphatic heterocycles. The summed E-state index contributed by atoms with van der Waals surface area (Å²) in [5, 5.41) is 4.90. The van der Waals surface area contributed by atoms with E-state index in [2.05, 4.69) is 200 Å². The molecule has 260 valence electrons. The van der Waals surface area contributed by atoms with E-state index in [1.54, 1.807) is 0 Å². The van der Waals surface area contributed by atoms with E-state index in [1.165, 1.54) is 93.9 Å². The van der Waals surface area contributed by atoms with Gasteiger partial charge >= 0.3 is 0 Å². The van der Waals surface area contributed by atoms with Gasteiger partial charge in [-0.2, -0.15) is 0 Å². The monoisotopic (exact) mass is 709 g/mol. The lowest BCUT2D eigenvalue weighted by Gasteiger charge is -2.23. The topological polar surface area (TPSA) is 12.9 Å². The van der Waals surface area contributed by atoms with Gasteiger partial charge in [-0.05, 0) is 112 Å². The Labute approximate surface area is 326 Å². The van der Waals surface area contributed by atoms with Crippen LogP contribution < -0.4 is 0 Å². The van der Waals surface area contributed by atoms with Crippen molar-refractivity contribution in [3.63, 3.8) is 0 Å². The van der Waals surface area contributed by atoms with Gasteiger partial charge in [-0.1, -0.05) is 188 Å². The van der Waals surface area contributed by atoms with Crippen LogP contribution in [0.3, 0.4) is 0 Å². The number of benzene rings is 9. The third-order valence-corrected chi connectivity index (χ3v) is 11.5. The van der Waals surface area contributed by atoms with Gasteiger partial charge in [0.2, 0.25) is 0 Å². The first kappa shape index (κ1) is 32.1. The molecule has 1 nitrogen and oxygen atoms in total. The van der Waals surface area contributed by atoms with Crippen molar-refractivity contribution in [2.24, 2.45) is 0 Å². The van der Waals surface area contributed by atoms with Crippen LogP contribution in [0.2, 0.25) is 0 Å². The molecule has 10 aromatic rings. The molecule has 0 N–H and O–H groups in total. The zero-order valence-corrected chi connectivity index (χ0v) is 30.7. The molecular formula is C55H35N. The molecule has 0 radical (unpaired) electrons. The largest absolute Gasteiger partial charge is 0.263 e. The van der Waals surface area contributed by atoms with E-state index in [9.17, 15) is 0 Å². The fourth-order valence-corrected chi connectivity index (χ4v) is 8.98. The molecule has 9 aromatic carbocycles. The zero-order chi connectivity index (χ0) is 37.0. The molecule has 1 aliphatic carbocycles. The van der Waals surface area contributed by atoms with Gasteiger partial charge in [-0.15, -0.1) is 0 Å². The molecule has 11 rings (SSSR count). The second-order valence-corrected chi connectivity index (χ2v) is 14.6. The van der Waals surface area contributed by atoms with Crippen LogP contribution in [0.5, 0.6) is 0 Å². The summed E-state index contributed by atoms with van der Waals surface area (Å²) in [6.07, 6.45) is 4.04. The van der Waals surface area contributed by atoms with Gasteiger partial charge in [0.15, 0.2) is 0 Å². The summed E-state index contributed by atoms with van der Waals surface area (Å²) in [4.78, 5) is 4.93. The van der Waals surface area contributed by atoms with Crippen molar-refractivity contribution >= 4 is 21.5 Å². The molecule has 0 spiro atoms. The van der Waals surface area contributed by atoms with Crippen LogP contribution in [-0.4, -0.2) is 4.98 Å². The van der Waals surface area contributed by atoms with E-state index in [0.717, 1.165) is 16.7 Å². The second kappa shape index (κ2) is 13.2. The van der Waals surface area contributed by atoms with Crippen molar-refractivity contribution in [2.75, 3.05) is 0 Å². The highest BCUT2D eigenvalue weighted by molar-refractivity contribution is 6.21. The molecule has 0 unspecified atom stereocenters. The minimum absolute atomic E-state index is 1.09. The van der Waals surface area contributed by atoms with Crippen LogP contribution >= 0.6 is 0 Å². The summed E-state index contributed by atoms with van der Waals surface area (Å²) in [6.45, 7) is 0. The Morgan fingerprint density at radius 2 is 0.571 bits per heavy atom. The minimum atomic E-state index is 1.09. The number of fused-ring (bicyclic) bond motifs is 10. The number of hydrogen-bond donors (Lipinski definition) is 0. The Morgan fingerprint density at radius 1 is 0.214 bits per heavy atom. The molecule has 0 saturated carbocycles. The maximum absolute atomic E-state index is 4.93. The maximum atomic E-state index is 4.93. The number of nitrogens with zero attached hydrogens (tertiary/aromatic N) is 1. The normalized spacial score (nSPS) is 11.6. The lowest BCUT2D eigenvalue weighted by molar-refractivity contribution is 1.33. The van der Waals surface area contributed by atoms with Crippen molar-refractivity contribution in [3.05, 3.63) is 213 Å². The lowest BCUT2D eigenvalue weighted by atomic mass is 9.80. The van der Waals surface area contributed by atoms with E-state index in [1.807, 2.05) is 12.4 Å². The van der Waals surface area contributed by atoms with Crippen LogP contribution in [0, 0.1) is 0 Å². The van der Waals surface area contributed by atoms with Crippen LogP contribution in [0.4, 0.5) is 0 Å². The Bertz CT molecular complexity index is 3060. The first-order chi connectivity index (χ1) is 27.8. The quantitative estimate of drug-likeness (QED) is 0.166. The van der Waals surface area contributed by atoms with Crippen molar-refractivity contribution in [1.82, 2.24) is 4.98 Å². The van der Waals surface area contributed by atoms with Crippen LogP contribution in [0.15, 0.2) is 213 Å². The first-order valence-corrected chi connectivity index (χ1v) is 19.3. The van der Waals surface area contributed by atoms with Crippen molar-refractivity contribution in [1.29, 1.82) is 0 Å². The van der Waals surface area contributed by atoms with Crippen LogP contribution in [0.25, 0.3) is 111 Å². The molecule has 1 aromatic heterocycles. The summed E-state index contributed by atoms with van der Waals surface area (Å²) in [5.41, 5.74) is 19.4. The van der Waals surface area contributed by atoms with Gasteiger partial charge in [-0.25, -0.2) is 0 Å². The van der Waals surface area contributed by atoms with Gasteiger partial charge in [0.1, 0.15) is 0 Å². The molecule has 0 fully saturated rings. The van der Waals surface area contributed by atoms with Crippen molar-refractivity contribution in [3.8, 4) is 89.0 Å². The fourth-order valence-electron chi connectivity index (χ4n) is 8.98. The average Bonchev–Trinajstić information content (AvgIpc) is 3.28. The predicted molar refractivity (Wildman–Crippen MR) is 236 cm³/mol. The highest BCUT2D eigenvalue weighted by Gasteiger charge is 2.22. The molecule has 0 amide bonds. The number of rotatable bonds is 4. The number of aromatic nitrogens is 1. The Hall–Kier alpha value is -7.35. The molecule has 1 heterocycles. The molecular weight excluding hydrogens is 675 g/mol. The first-order valence-electron chi connectivity index (χ1n) is 19.3. The number of hydrogen-bond acceptors (Lipinski definition) is 1. The van der Waals surface area contributed by atoms with E-state index in [0.29, 0.717) is 0 Å².